The summed E-state index contributed by atoms with van der Waals surface area (Å²) in [4.78, 5) is 31.7. The number of thioether (sulfide) groups is 1. The lowest BCUT2D eigenvalue weighted by Gasteiger charge is -2.21. The molecule has 0 saturated heterocycles. The number of hydrogen-bond acceptors (Lipinski definition) is 7. The Morgan fingerprint density at radius 1 is 1.14 bits per heavy atom. The van der Waals surface area contributed by atoms with E-state index in [0.29, 0.717) is 22.0 Å². The van der Waals surface area contributed by atoms with E-state index in [9.17, 15) is 9.59 Å². The maximum atomic E-state index is 12.6. The molecule has 7 nitrogen and oxygen atoms in total. The van der Waals surface area contributed by atoms with Crippen LogP contribution >= 0.6 is 11.8 Å². The zero-order chi connectivity index (χ0) is 21.1. The average Bonchev–Trinajstić information content (AvgIpc) is 2.52. The van der Waals surface area contributed by atoms with Gasteiger partial charge >= 0.3 is 11.9 Å². The molecule has 2 aromatic rings. The lowest BCUT2D eigenvalue weighted by Crippen LogP contribution is -2.24. The zero-order valence-electron chi connectivity index (χ0n) is 16.7. The Morgan fingerprint density at radius 3 is 2.43 bits per heavy atom. The van der Waals surface area contributed by atoms with Gasteiger partial charge in [-0.2, -0.15) is 0 Å². The summed E-state index contributed by atoms with van der Waals surface area (Å²) in [7, 11) is 0. The molecule has 1 aromatic carbocycles. The SMILES string of the molecule is Cc1cc(C)c(-c2cc(SCCC(=O)O)nc(N)n2)cc1C(=O)OC(C)(C)C. The Hall–Kier alpha value is -2.61. The van der Waals surface area contributed by atoms with Crippen molar-refractivity contribution in [2.75, 3.05) is 11.5 Å². The average molecular weight is 404 g/mol. The number of benzene rings is 1. The van der Waals surface area contributed by atoms with Gasteiger partial charge in [0.1, 0.15) is 10.6 Å². The molecular weight excluding hydrogens is 378 g/mol. The molecular formula is C20H25N3O4S. The number of rotatable bonds is 6. The van der Waals surface area contributed by atoms with Crippen LogP contribution in [0.25, 0.3) is 11.3 Å². The second-order valence-corrected chi connectivity index (χ2v) is 8.54. The quantitative estimate of drug-likeness (QED) is 0.424. The Bertz CT molecular complexity index is 907. The normalized spacial score (nSPS) is 11.3. The third-order valence-corrected chi connectivity index (χ3v) is 4.67. The predicted molar refractivity (Wildman–Crippen MR) is 109 cm³/mol. The van der Waals surface area contributed by atoms with E-state index in [1.807, 2.05) is 40.7 Å². The van der Waals surface area contributed by atoms with Gasteiger partial charge in [0.25, 0.3) is 0 Å². The number of carbonyl (C=O) groups excluding carboxylic acids is 1. The number of aryl methyl sites for hydroxylation is 2. The topological polar surface area (TPSA) is 115 Å². The van der Waals surface area contributed by atoms with Gasteiger partial charge < -0.3 is 15.6 Å². The second-order valence-electron chi connectivity index (χ2n) is 7.43. The first kappa shape index (κ1) is 21.7. The molecule has 0 bridgehead atoms. The largest absolute Gasteiger partial charge is 0.481 e. The van der Waals surface area contributed by atoms with Crippen LogP contribution < -0.4 is 5.73 Å². The van der Waals surface area contributed by atoms with Crippen LogP contribution in [0.5, 0.6) is 0 Å². The fraction of sp³-hybridized carbons (Fsp3) is 0.400. The third kappa shape index (κ3) is 5.95. The third-order valence-electron chi connectivity index (χ3n) is 3.75. The monoisotopic (exact) mass is 403 g/mol. The smallest absolute Gasteiger partial charge is 0.338 e. The standard InChI is InChI=1S/C20H25N3O4S/c1-11-8-12(2)14(18(26)27-20(3,4)5)9-13(11)15-10-16(23-19(21)22-15)28-7-6-17(24)25/h8-10H,6-7H2,1-5H3,(H,24,25)(H2,21,22,23). The van der Waals surface area contributed by atoms with Crippen molar-refractivity contribution >= 4 is 29.6 Å². The summed E-state index contributed by atoms with van der Waals surface area (Å²) in [6, 6.07) is 5.41. The first-order valence-electron chi connectivity index (χ1n) is 8.80. The molecule has 150 valence electrons. The van der Waals surface area contributed by atoms with Crippen molar-refractivity contribution in [3.05, 3.63) is 34.9 Å². The highest BCUT2D eigenvalue weighted by Crippen LogP contribution is 2.29. The number of anilines is 1. The number of nitrogens with two attached hydrogens (primary N) is 1. The van der Waals surface area contributed by atoms with Crippen molar-refractivity contribution in [3.63, 3.8) is 0 Å². The number of aromatic nitrogens is 2. The minimum atomic E-state index is -0.869. The van der Waals surface area contributed by atoms with Gasteiger partial charge in [-0.25, -0.2) is 14.8 Å². The van der Waals surface area contributed by atoms with E-state index in [4.69, 9.17) is 15.6 Å². The fourth-order valence-corrected chi connectivity index (χ4v) is 3.42. The summed E-state index contributed by atoms with van der Waals surface area (Å²) in [6.07, 6.45) is 0.0241. The molecule has 0 atom stereocenters. The van der Waals surface area contributed by atoms with Crippen LogP contribution in [0.2, 0.25) is 0 Å². The van der Waals surface area contributed by atoms with Gasteiger partial charge in [-0.3, -0.25) is 4.79 Å². The lowest BCUT2D eigenvalue weighted by molar-refractivity contribution is -0.136. The minimum absolute atomic E-state index is 0.0241. The summed E-state index contributed by atoms with van der Waals surface area (Å²) >= 11 is 1.30. The summed E-state index contributed by atoms with van der Waals surface area (Å²) < 4.78 is 5.50. The van der Waals surface area contributed by atoms with E-state index in [1.165, 1.54) is 11.8 Å². The Morgan fingerprint density at radius 2 is 1.82 bits per heavy atom. The van der Waals surface area contributed by atoms with E-state index in [-0.39, 0.29) is 12.4 Å². The van der Waals surface area contributed by atoms with Crippen molar-refractivity contribution in [1.82, 2.24) is 9.97 Å². The first-order valence-corrected chi connectivity index (χ1v) is 9.79. The van der Waals surface area contributed by atoms with Crippen molar-refractivity contribution in [3.8, 4) is 11.3 Å². The molecule has 0 amide bonds. The highest BCUT2D eigenvalue weighted by atomic mass is 32.2. The maximum Gasteiger partial charge on any atom is 0.338 e. The summed E-state index contributed by atoms with van der Waals surface area (Å²) in [6.45, 7) is 9.25. The first-order chi connectivity index (χ1) is 13.0. The van der Waals surface area contributed by atoms with E-state index >= 15 is 0 Å². The molecule has 0 aliphatic heterocycles. The summed E-state index contributed by atoms with van der Waals surface area (Å²) in [5, 5.41) is 9.38. The molecule has 0 aliphatic carbocycles. The van der Waals surface area contributed by atoms with Gasteiger partial charge in [-0.1, -0.05) is 6.07 Å². The summed E-state index contributed by atoms with van der Waals surface area (Å²) in [5.41, 5.74) is 8.79. The molecule has 3 N–H and O–H groups in total. The van der Waals surface area contributed by atoms with E-state index in [2.05, 4.69) is 9.97 Å². The molecule has 0 spiro atoms. The Balaban J connectivity index is 2.41. The molecule has 8 heteroatoms. The van der Waals surface area contributed by atoms with Gasteiger partial charge in [-0.15, -0.1) is 11.8 Å². The van der Waals surface area contributed by atoms with Crippen molar-refractivity contribution < 1.29 is 19.4 Å². The van der Waals surface area contributed by atoms with Gasteiger partial charge in [0.2, 0.25) is 5.95 Å². The molecule has 1 heterocycles. The van der Waals surface area contributed by atoms with Crippen molar-refractivity contribution in [2.24, 2.45) is 0 Å². The molecule has 0 unspecified atom stereocenters. The Kier molecular flexibility index (Phi) is 6.66. The predicted octanol–water partition coefficient (Wildman–Crippen LogP) is 3.86. The van der Waals surface area contributed by atoms with Gasteiger partial charge in [-0.05, 0) is 57.9 Å². The number of carboxylic acids is 1. The van der Waals surface area contributed by atoms with E-state index < -0.39 is 17.5 Å². The van der Waals surface area contributed by atoms with E-state index in [0.717, 1.165) is 16.7 Å². The van der Waals surface area contributed by atoms with Gasteiger partial charge in [0.05, 0.1) is 17.7 Å². The zero-order valence-corrected chi connectivity index (χ0v) is 17.5. The minimum Gasteiger partial charge on any atom is -0.481 e. The number of nitrogens with zero attached hydrogens (tertiary/aromatic N) is 2. The van der Waals surface area contributed by atoms with Gasteiger partial charge in [0, 0.05) is 11.3 Å². The maximum absolute atomic E-state index is 12.6. The number of ether oxygens (including phenoxy) is 1. The molecule has 0 fully saturated rings. The van der Waals surface area contributed by atoms with Crippen LogP contribution in [0.4, 0.5) is 5.95 Å². The van der Waals surface area contributed by atoms with Crippen LogP contribution in [0, 0.1) is 13.8 Å². The lowest BCUT2D eigenvalue weighted by atomic mass is 9.97. The molecule has 1 aromatic heterocycles. The number of carbonyl (C=O) groups is 2. The summed E-state index contributed by atoms with van der Waals surface area (Å²) in [5.74, 6) is -0.800. The highest BCUT2D eigenvalue weighted by molar-refractivity contribution is 7.99. The number of carboxylic acid groups (broad SMARTS) is 1. The number of esters is 1. The fourth-order valence-electron chi connectivity index (χ4n) is 2.58. The van der Waals surface area contributed by atoms with E-state index in [1.54, 1.807) is 12.1 Å². The van der Waals surface area contributed by atoms with Crippen LogP contribution in [0.15, 0.2) is 23.2 Å². The highest BCUT2D eigenvalue weighted by Gasteiger charge is 2.21. The molecule has 0 aliphatic rings. The van der Waals surface area contributed by atoms with Crippen LogP contribution in [0.3, 0.4) is 0 Å². The van der Waals surface area contributed by atoms with Crippen molar-refractivity contribution in [1.29, 1.82) is 0 Å². The number of aliphatic carboxylic acids is 1. The molecule has 28 heavy (non-hydrogen) atoms. The molecule has 0 radical (unpaired) electrons. The number of hydrogen-bond donors (Lipinski definition) is 2. The number of nitrogen functional groups attached to an aromatic ring is 1. The van der Waals surface area contributed by atoms with Gasteiger partial charge in [0.15, 0.2) is 0 Å². The molecule has 2 rings (SSSR count). The second kappa shape index (κ2) is 8.60. The van der Waals surface area contributed by atoms with Crippen molar-refractivity contribution in [2.45, 2.75) is 51.7 Å². The van der Waals surface area contributed by atoms with Crippen LogP contribution in [0.1, 0.15) is 48.7 Å². The van der Waals surface area contributed by atoms with Crippen LogP contribution in [-0.2, 0) is 9.53 Å². The van der Waals surface area contributed by atoms with Crippen LogP contribution in [-0.4, -0.2) is 38.4 Å². The molecule has 0 saturated carbocycles. The Labute approximate surface area is 168 Å².